The van der Waals surface area contributed by atoms with Gasteiger partial charge in [0.25, 0.3) is 0 Å². The summed E-state index contributed by atoms with van der Waals surface area (Å²) in [4.78, 5) is 0. The van der Waals surface area contributed by atoms with Crippen LogP contribution in [0.3, 0.4) is 0 Å². The third-order valence-electron chi connectivity index (χ3n) is 0. The van der Waals surface area contributed by atoms with Gasteiger partial charge in [0, 0.05) is 0 Å². The zero-order valence-corrected chi connectivity index (χ0v) is 6.96. The molecular formula is H8Cl3MnO4. The molecule has 0 spiro atoms. The average molecular weight is 233 g/mol. The Kier molecular flexibility index (Phi) is 14700. The Morgan fingerprint density at radius 1 is 0.375 bits per heavy atom. The van der Waals surface area contributed by atoms with Gasteiger partial charge in [-0.2, -0.15) is 0 Å². The summed E-state index contributed by atoms with van der Waals surface area (Å²) in [5.74, 6) is 0. The van der Waals surface area contributed by atoms with Gasteiger partial charge in [0.1, 0.15) is 0 Å². The molecular weight excluding hydrogens is 225 g/mol. The second kappa shape index (κ2) is 285. The van der Waals surface area contributed by atoms with Crippen molar-refractivity contribution < 1.29 is 76.2 Å². The maximum absolute atomic E-state index is 0. The molecule has 0 aromatic rings. The molecule has 8 heavy (non-hydrogen) atoms. The van der Waals surface area contributed by atoms with Gasteiger partial charge in [-0.25, -0.2) is 0 Å². The van der Waals surface area contributed by atoms with Gasteiger partial charge in [0.15, 0.2) is 0 Å². The third-order valence-corrected chi connectivity index (χ3v) is 0. The maximum atomic E-state index is 0. The molecule has 0 rings (SSSR count). The molecule has 0 radical (unpaired) electrons. The first kappa shape index (κ1) is 414. The van der Waals surface area contributed by atoms with E-state index < -0.39 is 0 Å². The third kappa shape index (κ3) is 186. The molecule has 0 bridgehead atoms. The Morgan fingerprint density at radius 2 is 0.375 bits per heavy atom. The van der Waals surface area contributed by atoms with Crippen molar-refractivity contribution >= 4 is 0 Å². The summed E-state index contributed by atoms with van der Waals surface area (Å²) in [5.41, 5.74) is 0. The summed E-state index contributed by atoms with van der Waals surface area (Å²) < 4.78 is 0. The SMILES string of the molecule is O.O.O.O.[Cl-].[Cl-].[Cl-].[Mn+3]. The number of halogens is 3. The molecule has 0 aliphatic carbocycles. The van der Waals surface area contributed by atoms with Crippen LogP contribution in [-0.4, -0.2) is 21.9 Å². The molecule has 0 unspecified atom stereocenters. The maximum Gasteiger partial charge on any atom is 3.00 e. The van der Waals surface area contributed by atoms with Gasteiger partial charge >= 0.3 is 17.1 Å². The quantitative estimate of drug-likeness (QED) is 0.368. The molecule has 0 heterocycles. The van der Waals surface area contributed by atoms with Crippen LogP contribution in [0.15, 0.2) is 0 Å². The van der Waals surface area contributed by atoms with Crippen LogP contribution in [0.4, 0.5) is 0 Å². The van der Waals surface area contributed by atoms with Crippen molar-refractivity contribution in [2.45, 2.75) is 0 Å². The molecule has 0 aromatic carbocycles. The minimum Gasteiger partial charge on any atom is -1.00 e. The molecule has 0 atom stereocenters. The summed E-state index contributed by atoms with van der Waals surface area (Å²) >= 11 is 0. The van der Waals surface area contributed by atoms with Gasteiger partial charge in [-0.15, -0.1) is 0 Å². The first-order chi connectivity index (χ1) is 0. The van der Waals surface area contributed by atoms with Crippen LogP contribution in [-0.2, 0) is 17.1 Å². The fourth-order valence-electron chi connectivity index (χ4n) is 0. The fourth-order valence-corrected chi connectivity index (χ4v) is 0. The van der Waals surface area contributed by atoms with Crippen LogP contribution >= 0.6 is 0 Å². The number of rotatable bonds is 0. The smallest absolute Gasteiger partial charge is 1.00 e. The second-order valence-corrected chi connectivity index (χ2v) is 0. The van der Waals surface area contributed by atoms with Crippen molar-refractivity contribution in [3.8, 4) is 0 Å². The van der Waals surface area contributed by atoms with E-state index in [2.05, 4.69) is 0 Å². The van der Waals surface area contributed by atoms with Crippen LogP contribution < -0.4 is 37.2 Å². The molecule has 0 saturated heterocycles. The van der Waals surface area contributed by atoms with Crippen LogP contribution in [0.5, 0.6) is 0 Å². The Balaban J connectivity index is 0. The van der Waals surface area contributed by atoms with Crippen molar-refractivity contribution in [1.29, 1.82) is 0 Å². The molecule has 8 heteroatoms. The van der Waals surface area contributed by atoms with Crippen LogP contribution in [0, 0.1) is 0 Å². The van der Waals surface area contributed by atoms with E-state index in [0.29, 0.717) is 0 Å². The van der Waals surface area contributed by atoms with Crippen molar-refractivity contribution in [3.05, 3.63) is 0 Å². The Hall–Kier alpha value is 1.23. The first-order valence-corrected chi connectivity index (χ1v) is 0. The molecule has 0 aliphatic rings. The zero-order valence-electron chi connectivity index (χ0n) is 3.51. The van der Waals surface area contributed by atoms with E-state index >= 15 is 0 Å². The molecule has 0 aromatic heterocycles. The summed E-state index contributed by atoms with van der Waals surface area (Å²) in [6, 6.07) is 0. The topological polar surface area (TPSA) is 126 Å². The molecule has 4 nitrogen and oxygen atoms in total. The molecule has 60 valence electrons. The van der Waals surface area contributed by atoms with Gasteiger partial charge in [-0.3, -0.25) is 0 Å². The van der Waals surface area contributed by atoms with Gasteiger partial charge < -0.3 is 59.1 Å². The Bertz CT molecular complexity index is 11.2. The minimum absolute atomic E-state index is 0. The van der Waals surface area contributed by atoms with Gasteiger partial charge in [0.05, 0.1) is 0 Å². The van der Waals surface area contributed by atoms with Crippen molar-refractivity contribution in [3.63, 3.8) is 0 Å². The van der Waals surface area contributed by atoms with E-state index in [9.17, 15) is 0 Å². The van der Waals surface area contributed by atoms with Crippen LogP contribution in [0.25, 0.3) is 0 Å². The largest absolute Gasteiger partial charge is 3.00 e. The van der Waals surface area contributed by atoms with E-state index in [4.69, 9.17) is 0 Å². The minimum atomic E-state index is 0. The molecule has 0 amide bonds. The number of hydrogen-bond donors (Lipinski definition) is 0. The predicted molar refractivity (Wildman–Crippen MR) is 14.5 cm³/mol. The second-order valence-electron chi connectivity index (χ2n) is 0. The molecule has 0 aliphatic heterocycles. The van der Waals surface area contributed by atoms with Crippen molar-refractivity contribution in [2.75, 3.05) is 0 Å². The Morgan fingerprint density at radius 3 is 0.375 bits per heavy atom. The number of hydrogen-bond acceptors (Lipinski definition) is 0. The van der Waals surface area contributed by atoms with E-state index in [0.717, 1.165) is 0 Å². The van der Waals surface area contributed by atoms with E-state index in [-0.39, 0.29) is 76.2 Å². The summed E-state index contributed by atoms with van der Waals surface area (Å²) in [6.45, 7) is 0. The summed E-state index contributed by atoms with van der Waals surface area (Å²) in [6.07, 6.45) is 0. The molecule has 0 fully saturated rings. The van der Waals surface area contributed by atoms with Crippen LogP contribution in [0.2, 0.25) is 0 Å². The molecule has 0 saturated carbocycles. The molecule has 8 N–H and O–H groups in total. The van der Waals surface area contributed by atoms with Gasteiger partial charge in [-0.1, -0.05) is 0 Å². The van der Waals surface area contributed by atoms with Crippen molar-refractivity contribution in [2.24, 2.45) is 0 Å². The van der Waals surface area contributed by atoms with E-state index in [1.54, 1.807) is 0 Å². The van der Waals surface area contributed by atoms with Crippen LogP contribution in [0.1, 0.15) is 0 Å². The zero-order chi connectivity index (χ0) is 0. The van der Waals surface area contributed by atoms with E-state index in [1.165, 1.54) is 0 Å². The van der Waals surface area contributed by atoms with Gasteiger partial charge in [0.2, 0.25) is 0 Å². The standard InChI is InChI=1S/3ClH.Mn.4H2O/h3*1H;;4*1H2/q;;;+3;;;;/p-3. The predicted octanol–water partition coefficient (Wildman–Crippen LogP) is -12.3. The van der Waals surface area contributed by atoms with E-state index in [1.807, 2.05) is 0 Å². The summed E-state index contributed by atoms with van der Waals surface area (Å²) in [5, 5.41) is 0. The van der Waals surface area contributed by atoms with Crippen molar-refractivity contribution in [1.82, 2.24) is 0 Å². The normalized spacial score (nSPS) is 0. The van der Waals surface area contributed by atoms with Gasteiger partial charge in [-0.05, 0) is 0 Å². The monoisotopic (exact) mass is 232 g/mol. The summed E-state index contributed by atoms with van der Waals surface area (Å²) in [7, 11) is 0. The fraction of sp³-hybridized carbons (Fsp3) is 0. The Labute approximate surface area is 76.3 Å². The first-order valence-electron chi connectivity index (χ1n) is 0. The average Bonchev–Trinajstić information content (AvgIpc) is 0.